The Labute approximate surface area is 198 Å². The summed E-state index contributed by atoms with van der Waals surface area (Å²) < 4.78 is 14.4. The topological polar surface area (TPSA) is 63.1 Å². The molecule has 0 saturated carbocycles. The smallest absolute Gasteiger partial charge is 0.274 e. The summed E-state index contributed by atoms with van der Waals surface area (Å²) in [6.45, 7) is 2.49. The number of aryl methyl sites for hydroxylation is 1. The van der Waals surface area contributed by atoms with E-state index >= 15 is 0 Å². The van der Waals surface area contributed by atoms with Gasteiger partial charge in [0.1, 0.15) is 5.82 Å². The predicted molar refractivity (Wildman–Crippen MR) is 134 cm³/mol. The van der Waals surface area contributed by atoms with Gasteiger partial charge in [-0.15, -0.1) is 5.10 Å². The van der Waals surface area contributed by atoms with E-state index in [0.29, 0.717) is 23.9 Å². The maximum Gasteiger partial charge on any atom is 0.274 e. The molecule has 3 aromatic carbocycles. The molecular formula is C27H26FN5O. The van der Waals surface area contributed by atoms with Gasteiger partial charge < -0.3 is 10.2 Å². The first-order chi connectivity index (χ1) is 16.4. The van der Waals surface area contributed by atoms with Crippen LogP contribution in [0, 0.1) is 12.7 Å². The van der Waals surface area contributed by atoms with E-state index in [9.17, 15) is 9.18 Å². The van der Waals surface area contributed by atoms with Gasteiger partial charge in [-0.25, -0.2) is 4.39 Å². The second-order valence-electron chi connectivity index (χ2n) is 8.17. The number of carbonyl (C=O) groups is 1. The second-order valence-corrected chi connectivity index (χ2v) is 8.17. The van der Waals surface area contributed by atoms with Crippen LogP contribution in [0.2, 0.25) is 0 Å². The van der Waals surface area contributed by atoms with E-state index in [-0.39, 0.29) is 11.7 Å². The maximum atomic E-state index is 13.2. The van der Waals surface area contributed by atoms with E-state index in [1.54, 1.807) is 18.2 Å². The quantitative estimate of drug-likeness (QED) is 0.377. The third kappa shape index (κ3) is 5.56. The molecule has 0 aliphatic rings. The van der Waals surface area contributed by atoms with Gasteiger partial charge in [0.2, 0.25) is 5.95 Å². The maximum absolute atomic E-state index is 13.2. The zero-order valence-electron chi connectivity index (χ0n) is 19.4. The highest BCUT2D eigenvalue weighted by Crippen LogP contribution is 2.20. The minimum Gasteiger partial charge on any atom is -0.378 e. The van der Waals surface area contributed by atoms with Gasteiger partial charge in [0.05, 0.1) is 0 Å². The molecule has 0 radical (unpaired) electrons. The molecule has 172 valence electrons. The Morgan fingerprint density at radius 2 is 1.68 bits per heavy atom. The lowest BCUT2D eigenvalue weighted by Crippen LogP contribution is -2.14. The molecule has 0 amide bonds. The zero-order chi connectivity index (χ0) is 24.1. The highest BCUT2D eigenvalue weighted by molar-refractivity contribution is 5.94. The summed E-state index contributed by atoms with van der Waals surface area (Å²) in [6, 6.07) is 21.9. The molecular weight excluding hydrogens is 429 g/mol. The number of carbonyl (C=O) groups excluding carboxylic acids is 1. The number of nitrogens with one attached hydrogen (secondary N) is 1. The van der Waals surface area contributed by atoms with E-state index in [2.05, 4.69) is 15.4 Å². The number of nitrogens with zero attached hydrogens (tertiary/aromatic N) is 4. The summed E-state index contributed by atoms with van der Waals surface area (Å²) in [7, 11) is 3.99. The number of anilines is 2. The molecule has 1 aromatic heterocycles. The van der Waals surface area contributed by atoms with Crippen molar-refractivity contribution in [2.45, 2.75) is 13.5 Å². The molecule has 0 aliphatic heterocycles. The molecule has 6 nitrogen and oxygen atoms in total. The number of hydrogen-bond donors (Lipinski definition) is 1. The summed E-state index contributed by atoms with van der Waals surface area (Å²) in [4.78, 5) is 19.6. The predicted octanol–water partition coefficient (Wildman–Crippen LogP) is 5.42. The Bertz CT molecular complexity index is 1290. The van der Waals surface area contributed by atoms with Crippen LogP contribution in [0.4, 0.5) is 16.0 Å². The molecule has 0 saturated heterocycles. The lowest BCUT2D eigenvalue weighted by atomic mass is 10.1. The summed E-state index contributed by atoms with van der Waals surface area (Å²) in [5.74, 6) is 0.114. The molecule has 4 aromatic rings. The Kier molecular flexibility index (Phi) is 6.82. The van der Waals surface area contributed by atoms with Gasteiger partial charge >= 0.3 is 0 Å². The first-order valence-corrected chi connectivity index (χ1v) is 10.9. The third-order valence-corrected chi connectivity index (χ3v) is 5.32. The number of aromatic nitrogens is 3. The average Bonchev–Trinajstić information content (AvgIpc) is 3.27. The first kappa shape index (κ1) is 22.9. The van der Waals surface area contributed by atoms with Gasteiger partial charge in [0.25, 0.3) is 5.91 Å². The fourth-order valence-electron chi connectivity index (χ4n) is 3.31. The normalized spacial score (nSPS) is 11.1. The minimum atomic E-state index is -0.361. The SMILES string of the molecule is Cc1ccc(-c2nc(NCc3ccc(N(C)C)cc3)n(C(=O)C=Cc3ccc(F)cc3)n2)cc1. The summed E-state index contributed by atoms with van der Waals surface area (Å²) in [5.41, 5.74) is 4.81. The molecule has 0 bridgehead atoms. The standard InChI is InChI=1S/C27H26FN5O/c1-19-4-11-22(12-5-19)26-30-27(29-18-21-8-15-24(16-9-21)32(2)3)33(31-26)25(34)17-10-20-6-13-23(28)14-7-20/h4-17H,18H2,1-3H3,(H,29,30,31). The number of halogens is 1. The van der Waals surface area contributed by atoms with Crippen LogP contribution in [0.15, 0.2) is 78.9 Å². The van der Waals surface area contributed by atoms with Crippen LogP contribution >= 0.6 is 0 Å². The molecule has 7 heteroatoms. The van der Waals surface area contributed by atoms with E-state index in [4.69, 9.17) is 0 Å². The molecule has 0 unspecified atom stereocenters. The van der Waals surface area contributed by atoms with Crippen LogP contribution in [0.25, 0.3) is 17.5 Å². The van der Waals surface area contributed by atoms with Crippen LogP contribution in [-0.2, 0) is 6.54 Å². The van der Waals surface area contributed by atoms with E-state index in [1.807, 2.05) is 74.4 Å². The van der Waals surface area contributed by atoms with Crippen LogP contribution in [0.1, 0.15) is 21.5 Å². The Hall–Kier alpha value is -4.26. The summed E-state index contributed by atoms with van der Waals surface area (Å²) in [6.07, 6.45) is 3.02. The van der Waals surface area contributed by atoms with Gasteiger partial charge in [-0.05, 0) is 48.4 Å². The van der Waals surface area contributed by atoms with Crippen molar-refractivity contribution >= 4 is 23.6 Å². The van der Waals surface area contributed by atoms with Crippen molar-refractivity contribution in [1.29, 1.82) is 0 Å². The Morgan fingerprint density at radius 1 is 1.00 bits per heavy atom. The number of benzene rings is 3. The van der Waals surface area contributed by atoms with Crippen molar-refractivity contribution in [3.63, 3.8) is 0 Å². The van der Waals surface area contributed by atoms with Crippen LogP contribution in [-0.4, -0.2) is 34.8 Å². The number of allylic oxidation sites excluding steroid dienone is 1. The van der Waals surface area contributed by atoms with Gasteiger partial charge in [-0.2, -0.15) is 9.67 Å². The highest BCUT2D eigenvalue weighted by atomic mass is 19.1. The fraction of sp³-hybridized carbons (Fsp3) is 0.148. The van der Waals surface area contributed by atoms with Crippen LogP contribution < -0.4 is 10.2 Å². The highest BCUT2D eigenvalue weighted by Gasteiger charge is 2.16. The average molecular weight is 456 g/mol. The van der Waals surface area contributed by atoms with E-state index < -0.39 is 0 Å². The van der Waals surface area contributed by atoms with Crippen LogP contribution in [0.5, 0.6) is 0 Å². The number of rotatable bonds is 7. The monoisotopic (exact) mass is 455 g/mol. The van der Waals surface area contributed by atoms with Gasteiger partial charge in [0, 0.05) is 38.0 Å². The van der Waals surface area contributed by atoms with Crippen molar-refractivity contribution < 1.29 is 9.18 Å². The van der Waals surface area contributed by atoms with Crippen molar-refractivity contribution in [3.8, 4) is 11.4 Å². The van der Waals surface area contributed by atoms with Crippen LogP contribution in [0.3, 0.4) is 0 Å². The summed E-state index contributed by atoms with van der Waals surface area (Å²) >= 11 is 0. The molecule has 4 rings (SSSR count). The Balaban J connectivity index is 1.59. The lowest BCUT2D eigenvalue weighted by molar-refractivity contribution is 0.0957. The molecule has 0 aliphatic carbocycles. The van der Waals surface area contributed by atoms with Gasteiger partial charge in [0.15, 0.2) is 5.82 Å². The van der Waals surface area contributed by atoms with Crippen molar-refractivity contribution in [3.05, 3.63) is 101 Å². The number of hydrogen-bond acceptors (Lipinski definition) is 5. The van der Waals surface area contributed by atoms with Crippen molar-refractivity contribution in [2.75, 3.05) is 24.3 Å². The molecule has 0 spiro atoms. The van der Waals surface area contributed by atoms with E-state index in [0.717, 1.165) is 22.4 Å². The van der Waals surface area contributed by atoms with Gasteiger partial charge in [-0.3, -0.25) is 4.79 Å². The molecule has 1 N–H and O–H groups in total. The molecule has 0 atom stereocenters. The third-order valence-electron chi connectivity index (χ3n) is 5.32. The minimum absolute atomic E-state index is 0.326. The van der Waals surface area contributed by atoms with Crippen molar-refractivity contribution in [1.82, 2.24) is 14.8 Å². The summed E-state index contributed by atoms with van der Waals surface area (Å²) in [5, 5.41) is 7.70. The van der Waals surface area contributed by atoms with E-state index in [1.165, 1.54) is 22.9 Å². The first-order valence-electron chi connectivity index (χ1n) is 10.9. The Morgan fingerprint density at radius 3 is 2.32 bits per heavy atom. The molecule has 34 heavy (non-hydrogen) atoms. The van der Waals surface area contributed by atoms with Gasteiger partial charge in [-0.1, -0.05) is 54.1 Å². The second kappa shape index (κ2) is 10.1. The zero-order valence-corrected chi connectivity index (χ0v) is 19.4. The lowest BCUT2D eigenvalue weighted by Gasteiger charge is -2.13. The fourth-order valence-corrected chi connectivity index (χ4v) is 3.31. The molecule has 0 fully saturated rings. The van der Waals surface area contributed by atoms with Crippen molar-refractivity contribution in [2.24, 2.45) is 0 Å². The molecule has 1 heterocycles. The largest absolute Gasteiger partial charge is 0.378 e.